The van der Waals surface area contributed by atoms with E-state index in [1.54, 1.807) is 11.7 Å². The molecule has 0 bridgehead atoms. The zero-order chi connectivity index (χ0) is 22.1. The topological polar surface area (TPSA) is 86.8 Å². The molecule has 4 heterocycles. The quantitative estimate of drug-likeness (QED) is 0.439. The largest absolute Gasteiger partial charge is 0.497 e. The molecule has 0 radical (unpaired) electrons. The Balaban J connectivity index is 1.52. The van der Waals surface area contributed by atoms with Crippen LogP contribution in [0.25, 0.3) is 16.7 Å². The average molecular weight is 435 g/mol. The fraction of sp³-hybridized carbons (Fsp3) is 0.391. The van der Waals surface area contributed by atoms with Gasteiger partial charge in [-0.1, -0.05) is 12.1 Å². The van der Waals surface area contributed by atoms with Crippen LogP contribution in [0.15, 0.2) is 47.5 Å². The molecule has 166 valence electrons. The highest BCUT2D eigenvalue weighted by Crippen LogP contribution is 2.19. The first-order chi connectivity index (χ1) is 15.6. The predicted octanol–water partition coefficient (Wildman–Crippen LogP) is 1.96. The molecule has 1 atom stereocenters. The molecule has 0 N–H and O–H groups in total. The van der Waals surface area contributed by atoms with Crippen molar-refractivity contribution in [1.29, 1.82) is 0 Å². The van der Waals surface area contributed by atoms with E-state index in [4.69, 9.17) is 14.5 Å². The van der Waals surface area contributed by atoms with Crippen LogP contribution in [-0.4, -0.2) is 63.0 Å². The lowest BCUT2D eigenvalue weighted by molar-refractivity contribution is 0.172. The Morgan fingerprint density at radius 3 is 2.78 bits per heavy atom. The van der Waals surface area contributed by atoms with Gasteiger partial charge in [0.25, 0.3) is 0 Å². The van der Waals surface area contributed by atoms with E-state index in [2.05, 4.69) is 22.0 Å². The second-order valence-electron chi connectivity index (χ2n) is 8.31. The number of nitrogens with zero attached hydrogens (tertiary/aromatic N) is 6. The maximum atomic E-state index is 13.2. The SMILES string of the molecule is COc1ccc(Cn2c(=O)n3ncnc3c3ccc(CN(C)C[C@@H]4CCOC4)nc32)cc1. The van der Waals surface area contributed by atoms with Crippen molar-refractivity contribution in [3.05, 3.63) is 64.5 Å². The Kier molecular flexibility index (Phi) is 5.59. The Bertz CT molecular complexity index is 1290. The standard InChI is InChI=1S/C23H26N6O3/c1-27(11-17-9-10-32-14-17)13-18-5-8-20-21-24-15-25-29(21)23(30)28(22(20)26-18)12-16-3-6-19(31-2)7-4-16/h3-8,15,17H,9-14H2,1-2H3/t17-/m0/s1. The predicted molar refractivity (Wildman–Crippen MR) is 120 cm³/mol. The summed E-state index contributed by atoms with van der Waals surface area (Å²) in [7, 11) is 3.73. The van der Waals surface area contributed by atoms with Gasteiger partial charge in [0.05, 0.1) is 31.3 Å². The van der Waals surface area contributed by atoms with Gasteiger partial charge in [-0.05, 0) is 49.2 Å². The summed E-state index contributed by atoms with van der Waals surface area (Å²) in [4.78, 5) is 24.7. The lowest BCUT2D eigenvalue weighted by Crippen LogP contribution is -2.29. The molecule has 1 aliphatic rings. The van der Waals surface area contributed by atoms with Crippen LogP contribution in [0.1, 0.15) is 17.7 Å². The maximum Gasteiger partial charge on any atom is 0.352 e. The Hall–Kier alpha value is -3.30. The molecular formula is C23H26N6O3. The number of ether oxygens (including phenoxy) is 2. The van der Waals surface area contributed by atoms with Gasteiger partial charge in [-0.2, -0.15) is 9.61 Å². The lowest BCUT2D eigenvalue weighted by Gasteiger charge is -2.20. The number of aromatic nitrogens is 5. The molecule has 5 rings (SSSR count). The van der Waals surface area contributed by atoms with Crippen molar-refractivity contribution in [2.45, 2.75) is 19.5 Å². The van der Waals surface area contributed by atoms with Gasteiger partial charge in [0, 0.05) is 19.7 Å². The molecule has 1 aliphatic heterocycles. The van der Waals surface area contributed by atoms with E-state index < -0.39 is 0 Å². The molecule has 0 aliphatic carbocycles. The third-order valence-electron chi connectivity index (χ3n) is 5.91. The molecule has 0 saturated carbocycles. The first kappa shape index (κ1) is 20.6. The second-order valence-corrected chi connectivity index (χ2v) is 8.31. The van der Waals surface area contributed by atoms with Crippen molar-refractivity contribution in [3.8, 4) is 5.75 Å². The Morgan fingerprint density at radius 1 is 1.19 bits per heavy atom. The molecule has 0 unspecified atom stereocenters. The minimum absolute atomic E-state index is 0.262. The molecule has 9 nitrogen and oxygen atoms in total. The van der Waals surface area contributed by atoms with Crippen molar-refractivity contribution in [2.75, 3.05) is 33.9 Å². The third-order valence-corrected chi connectivity index (χ3v) is 5.91. The first-order valence-corrected chi connectivity index (χ1v) is 10.7. The Morgan fingerprint density at radius 2 is 2.03 bits per heavy atom. The van der Waals surface area contributed by atoms with E-state index in [1.165, 1.54) is 10.8 Å². The number of fused-ring (bicyclic) bond motifs is 3. The minimum Gasteiger partial charge on any atom is -0.497 e. The average Bonchev–Trinajstić information content (AvgIpc) is 3.49. The van der Waals surface area contributed by atoms with E-state index in [1.807, 2.05) is 36.4 Å². The van der Waals surface area contributed by atoms with Gasteiger partial charge in [-0.3, -0.25) is 4.57 Å². The fourth-order valence-corrected chi connectivity index (χ4v) is 4.29. The third kappa shape index (κ3) is 3.96. The smallest absolute Gasteiger partial charge is 0.352 e. The number of hydrogen-bond acceptors (Lipinski definition) is 7. The van der Waals surface area contributed by atoms with Crippen LogP contribution in [-0.2, 0) is 17.8 Å². The monoisotopic (exact) mass is 434 g/mol. The molecule has 1 aromatic carbocycles. The van der Waals surface area contributed by atoms with Crippen LogP contribution < -0.4 is 10.4 Å². The highest BCUT2D eigenvalue weighted by molar-refractivity contribution is 5.88. The molecule has 3 aromatic heterocycles. The van der Waals surface area contributed by atoms with Crippen molar-refractivity contribution >= 4 is 16.7 Å². The summed E-state index contributed by atoms with van der Waals surface area (Å²) in [5.41, 5.74) is 2.75. The maximum absolute atomic E-state index is 13.2. The van der Waals surface area contributed by atoms with Gasteiger partial charge in [-0.25, -0.2) is 14.8 Å². The van der Waals surface area contributed by atoms with Gasteiger partial charge >= 0.3 is 5.69 Å². The van der Waals surface area contributed by atoms with E-state index >= 15 is 0 Å². The minimum atomic E-state index is -0.262. The van der Waals surface area contributed by atoms with E-state index in [0.29, 0.717) is 30.3 Å². The van der Waals surface area contributed by atoms with Crippen LogP contribution in [0.4, 0.5) is 0 Å². The van der Waals surface area contributed by atoms with Crippen LogP contribution in [0.2, 0.25) is 0 Å². The van der Waals surface area contributed by atoms with E-state index in [0.717, 1.165) is 48.6 Å². The summed E-state index contributed by atoms with van der Waals surface area (Å²) in [6.07, 6.45) is 2.50. The molecular weight excluding hydrogens is 408 g/mol. The molecule has 1 fully saturated rings. The van der Waals surface area contributed by atoms with Crippen LogP contribution in [0.3, 0.4) is 0 Å². The molecule has 0 amide bonds. The van der Waals surface area contributed by atoms with Crippen molar-refractivity contribution in [1.82, 2.24) is 29.0 Å². The number of pyridine rings is 1. The lowest BCUT2D eigenvalue weighted by atomic mass is 10.1. The van der Waals surface area contributed by atoms with Crippen molar-refractivity contribution in [2.24, 2.45) is 5.92 Å². The molecule has 4 aromatic rings. The Labute approximate surface area is 185 Å². The molecule has 1 saturated heterocycles. The van der Waals surface area contributed by atoms with Crippen LogP contribution in [0, 0.1) is 5.92 Å². The second kappa shape index (κ2) is 8.68. The molecule has 0 spiro atoms. The van der Waals surface area contributed by atoms with Crippen LogP contribution >= 0.6 is 0 Å². The number of benzene rings is 1. The van der Waals surface area contributed by atoms with Crippen molar-refractivity contribution < 1.29 is 9.47 Å². The van der Waals surface area contributed by atoms with Gasteiger partial charge < -0.3 is 14.4 Å². The highest BCUT2D eigenvalue weighted by Gasteiger charge is 2.19. The zero-order valence-corrected chi connectivity index (χ0v) is 18.3. The first-order valence-electron chi connectivity index (χ1n) is 10.7. The summed E-state index contributed by atoms with van der Waals surface area (Å²) < 4.78 is 13.7. The van der Waals surface area contributed by atoms with Crippen LogP contribution in [0.5, 0.6) is 5.75 Å². The van der Waals surface area contributed by atoms with E-state index in [9.17, 15) is 4.79 Å². The summed E-state index contributed by atoms with van der Waals surface area (Å²) in [5.74, 6) is 1.33. The van der Waals surface area contributed by atoms with Crippen molar-refractivity contribution in [3.63, 3.8) is 0 Å². The van der Waals surface area contributed by atoms with Gasteiger partial charge in [0.15, 0.2) is 5.65 Å². The van der Waals surface area contributed by atoms with Gasteiger partial charge in [0.1, 0.15) is 17.7 Å². The number of rotatable bonds is 7. The molecule has 9 heteroatoms. The number of hydrogen-bond donors (Lipinski definition) is 0. The highest BCUT2D eigenvalue weighted by atomic mass is 16.5. The van der Waals surface area contributed by atoms with Gasteiger partial charge in [-0.15, -0.1) is 0 Å². The van der Waals surface area contributed by atoms with E-state index in [-0.39, 0.29) is 5.69 Å². The fourth-order valence-electron chi connectivity index (χ4n) is 4.29. The van der Waals surface area contributed by atoms with Gasteiger partial charge in [0.2, 0.25) is 0 Å². The molecule has 32 heavy (non-hydrogen) atoms. The summed E-state index contributed by atoms with van der Waals surface area (Å²) in [6, 6.07) is 11.7. The summed E-state index contributed by atoms with van der Waals surface area (Å²) in [5, 5.41) is 4.93. The zero-order valence-electron chi connectivity index (χ0n) is 18.3. The number of methoxy groups -OCH3 is 1. The summed E-state index contributed by atoms with van der Waals surface area (Å²) in [6.45, 7) is 3.70. The normalized spacial score (nSPS) is 16.4. The summed E-state index contributed by atoms with van der Waals surface area (Å²) >= 11 is 0.